The lowest BCUT2D eigenvalue weighted by Crippen LogP contribution is -2.08. The van der Waals surface area contributed by atoms with Gasteiger partial charge in [-0.1, -0.05) is 6.07 Å². The Kier molecular flexibility index (Phi) is 8.28. The quantitative estimate of drug-likeness (QED) is 0.753. The molecule has 0 amide bonds. The van der Waals surface area contributed by atoms with Crippen molar-refractivity contribution in [1.82, 2.24) is 0 Å². The Balaban J connectivity index is 0. The fraction of sp³-hybridized carbons (Fsp3) is 0.222. The number of benzene rings is 1. The van der Waals surface area contributed by atoms with E-state index < -0.39 is 5.97 Å². The van der Waals surface area contributed by atoms with Crippen molar-refractivity contribution in [2.75, 3.05) is 0 Å². The summed E-state index contributed by atoms with van der Waals surface area (Å²) in [5, 5.41) is 8.70. The van der Waals surface area contributed by atoms with Crippen LogP contribution in [0.4, 0.5) is 0 Å². The van der Waals surface area contributed by atoms with Crippen LogP contribution in [0.5, 0.6) is 0 Å². The summed E-state index contributed by atoms with van der Waals surface area (Å²) in [7, 11) is 0. The van der Waals surface area contributed by atoms with Crippen molar-refractivity contribution in [1.29, 1.82) is 0 Å². The molecule has 0 saturated carbocycles. The van der Waals surface area contributed by atoms with Crippen LogP contribution >= 0.6 is 24.8 Å². The van der Waals surface area contributed by atoms with E-state index in [9.17, 15) is 4.79 Å². The number of rotatable bonds is 3. The van der Waals surface area contributed by atoms with E-state index in [1.807, 2.05) is 0 Å². The molecule has 1 rings (SSSR count). The maximum Gasteiger partial charge on any atom is 0.335 e. The molecule has 0 aliphatic rings. The second-order valence-electron chi connectivity index (χ2n) is 2.70. The molecule has 0 saturated heterocycles. The van der Waals surface area contributed by atoms with Crippen molar-refractivity contribution in [2.24, 2.45) is 11.5 Å². The minimum absolute atomic E-state index is 0. The second-order valence-corrected chi connectivity index (χ2v) is 2.70. The van der Waals surface area contributed by atoms with Gasteiger partial charge in [-0.2, -0.15) is 0 Å². The topological polar surface area (TPSA) is 89.3 Å². The first-order chi connectivity index (χ1) is 6.19. The molecular weight excluding hydrogens is 239 g/mol. The summed E-state index contributed by atoms with van der Waals surface area (Å²) in [6.45, 7) is 0.695. The molecule has 1 aromatic carbocycles. The van der Waals surface area contributed by atoms with E-state index in [2.05, 4.69) is 0 Å². The standard InChI is InChI=1S/C9H12N2O2.2ClH/c10-4-7-2-1-6(9(12)13)3-8(7)5-11;;/h1-3H,4-5,10-11H2,(H,12,13);2*1H. The molecule has 0 fully saturated rings. The highest BCUT2D eigenvalue weighted by Crippen LogP contribution is 2.11. The zero-order valence-electron chi connectivity index (χ0n) is 7.97. The largest absolute Gasteiger partial charge is 0.478 e. The third-order valence-corrected chi connectivity index (χ3v) is 1.89. The first-order valence-electron chi connectivity index (χ1n) is 3.94. The lowest BCUT2D eigenvalue weighted by atomic mass is 10.0. The Hall–Kier alpha value is -0.810. The van der Waals surface area contributed by atoms with Crippen LogP contribution in [0.25, 0.3) is 0 Å². The molecular formula is C9H14Cl2N2O2. The Bertz CT molecular complexity index is 332. The third kappa shape index (κ3) is 4.05. The van der Waals surface area contributed by atoms with Crippen molar-refractivity contribution in [3.8, 4) is 0 Å². The number of aromatic carboxylic acids is 1. The molecule has 0 atom stereocenters. The van der Waals surface area contributed by atoms with Crippen molar-refractivity contribution in [3.63, 3.8) is 0 Å². The van der Waals surface area contributed by atoms with Gasteiger partial charge in [-0.3, -0.25) is 0 Å². The summed E-state index contributed by atoms with van der Waals surface area (Å²) in [5.74, 6) is -0.946. The normalized spacial score (nSPS) is 8.67. The molecule has 1 aromatic rings. The Morgan fingerprint density at radius 2 is 1.67 bits per heavy atom. The van der Waals surface area contributed by atoms with E-state index in [1.54, 1.807) is 12.1 Å². The van der Waals surface area contributed by atoms with Gasteiger partial charge in [0.15, 0.2) is 0 Å². The molecule has 0 aliphatic carbocycles. The van der Waals surface area contributed by atoms with Crippen molar-refractivity contribution < 1.29 is 9.90 Å². The lowest BCUT2D eigenvalue weighted by molar-refractivity contribution is 0.0697. The van der Waals surface area contributed by atoms with E-state index in [1.165, 1.54) is 6.07 Å². The number of halogens is 2. The van der Waals surface area contributed by atoms with Crippen molar-refractivity contribution >= 4 is 30.8 Å². The van der Waals surface area contributed by atoms with Crippen LogP contribution in [-0.2, 0) is 13.1 Å². The van der Waals surface area contributed by atoms with Crippen LogP contribution in [0.15, 0.2) is 18.2 Å². The van der Waals surface area contributed by atoms with Gasteiger partial charge in [-0.25, -0.2) is 4.79 Å². The van der Waals surface area contributed by atoms with E-state index in [-0.39, 0.29) is 30.4 Å². The van der Waals surface area contributed by atoms with Gasteiger partial charge in [0.1, 0.15) is 0 Å². The van der Waals surface area contributed by atoms with Gasteiger partial charge in [0, 0.05) is 13.1 Å². The molecule has 86 valence electrons. The van der Waals surface area contributed by atoms with Gasteiger partial charge < -0.3 is 16.6 Å². The van der Waals surface area contributed by atoms with Crippen molar-refractivity contribution in [2.45, 2.75) is 13.1 Å². The SMILES string of the molecule is Cl.Cl.NCc1ccc(C(=O)O)cc1CN. The first-order valence-corrected chi connectivity index (χ1v) is 3.94. The smallest absolute Gasteiger partial charge is 0.335 e. The number of nitrogens with two attached hydrogens (primary N) is 2. The number of hydrogen-bond donors (Lipinski definition) is 3. The Labute approximate surface area is 100 Å². The van der Waals surface area contributed by atoms with Gasteiger partial charge in [0.25, 0.3) is 0 Å². The maximum atomic E-state index is 10.6. The average molecular weight is 253 g/mol. The highest BCUT2D eigenvalue weighted by molar-refractivity contribution is 5.87. The van der Waals surface area contributed by atoms with Gasteiger partial charge in [-0.05, 0) is 23.3 Å². The Morgan fingerprint density at radius 3 is 2.07 bits per heavy atom. The molecule has 0 aromatic heterocycles. The fourth-order valence-electron chi connectivity index (χ4n) is 1.15. The van der Waals surface area contributed by atoms with E-state index in [4.69, 9.17) is 16.6 Å². The van der Waals surface area contributed by atoms with E-state index >= 15 is 0 Å². The zero-order valence-corrected chi connectivity index (χ0v) is 9.61. The number of carboxylic acids is 1. The molecule has 4 nitrogen and oxygen atoms in total. The lowest BCUT2D eigenvalue weighted by Gasteiger charge is -2.05. The van der Waals surface area contributed by atoms with Gasteiger partial charge in [0.2, 0.25) is 0 Å². The molecule has 15 heavy (non-hydrogen) atoms. The summed E-state index contributed by atoms with van der Waals surface area (Å²) >= 11 is 0. The zero-order chi connectivity index (χ0) is 9.84. The first kappa shape index (κ1) is 16.6. The molecule has 0 radical (unpaired) electrons. The number of carbonyl (C=O) groups is 1. The average Bonchev–Trinajstić information content (AvgIpc) is 2.16. The van der Waals surface area contributed by atoms with Gasteiger partial charge >= 0.3 is 5.97 Å². The van der Waals surface area contributed by atoms with E-state index in [0.717, 1.165) is 11.1 Å². The number of carboxylic acid groups (broad SMARTS) is 1. The predicted octanol–water partition coefficient (Wildman–Crippen LogP) is 1.15. The highest BCUT2D eigenvalue weighted by atomic mass is 35.5. The number of hydrogen-bond acceptors (Lipinski definition) is 3. The Morgan fingerprint density at radius 1 is 1.13 bits per heavy atom. The summed E-state index contributed by atoms with van der Waals surface area (Å²) in [5.41, 5.74) is 12.8. The summed E-state index contributed by atoms with van der Waals surface area (Å²) < 4.78 is 0. The third-order valence-electron chi connectivity index (χ3n) is 1.89. The summed E-state index contributed by atoms with van der Waals surface area (Å²) in [4.78, 5) is 10.6. The molecule has 0 aliphatic heterocycles. The van der Waals surface area contributed by atoms with Gasteiger partial charge in [0.05, 0.1) is 5.56 Å². The van der Waals surface area contributed by atoms with Crippen LogP contribution in [0.2, 0.25) is 0 Å². The van der Waals surface area contributed by atoms with Crippen LogP contribution in [-0.4, -0.2) is 11.1 Å². The van der Waals surface area contributed by atoms with E-state index in [0.29, 0.717) is 13.1 Å². The molecule has 0 bridgehead atoms. The molecule has 0 heterocycles. The fourth-order valence-corrected chi connectivity index (χ4v) is 1.15. The molecule has 6 heteroatoms. The van der Waals surface area contributed by atoms with Crippen LogP contribution in [0.1, 0.15) is 21.5 Å². The predicted molar refractivity (Wildman–Crippen MR) is 63.7 cm³/mol. The molecule has 0 unspecified atom stereocenters. The van der Waals surface area contributed by atoms with Crippen LogP contribution in [0, 0.1) is 0 Å². The highest BCUT2D eigenvalue weighted by Gasteiger charge is 2.05. The summed E-state index contributed by atoms with van der Waals surface area (Å²) in [6.07, 6.45) is 0. The monoisotopic (exact) mass is 252 g/mol. The minimum Gasteiger partial charge on any atom is -0.478 e. The summed E-state index contributed by atoms with van der Waals surface area (Å²) in [6, 6.07) is 4.79. The van der Waals surface area contributed by atoms with Crippen LogP contribution in [0.3, 0.4) is 0 Å². The molecule has 0 spiro atoms. The van der Waals surface area contributed by atoms with Crippen LogP contribution < -0.4 is 11.5 Å². The minimum atomic E-state index is -0.946. The maximum absolute atomic E-state index is 10.6. The molecule has 5 N–H and O–H groups in total. The second kappa shape index (κ2) is 7.48. The van der Waals surface area contributed by atoms with Gasteiger partial charge in [-0.15, -0.1) is 24.8 Å². The van der Waals surface area contributed by atoms with Crippen molar-refractivity contribution in [3.05, 3.63) is 34.9 Å².